The topological polar surface area (TPSA) is 104 Å². The third kappa shape index (κ3) is 6.70. The first kappa shape index (κ1) is 27.1. The number of fused-ring (bicyclic) bond motifs is 1. The first-order chi connectivity index (χ1) is 17.6. The van der Waals surface area contributed by atoms with Crippen molar-refractivity contribution in [2.45, 2.75) is 55.2 Å². The van der Waals surface area contributed by atoms with Gasteiger partial charge < -0.3 is 15.5 Å². The molecule has 1 unspecified atom stereocenters. The molecule has 0 radical (unpaired) electrons. The summed E-state index contributed by atoms with van der Waals surface area (Å²) < 4.78 is 25.5. The lowest BCUT2D eigenvalue weighted by molar-refractivity contribution is -0.121. The van der Waals surface area contributed by atoms with Crippen LogP contribution in [0.1, 0.15) is 39.0 Å². The number of carbonyl (C=O) groups is 1. The second kappa shape index (κ2) is 11.6. The molecule has 0 bridgehead atoms. The Morgan fingerprint density at radius 3 is 2.41 bits per heavy atom. The Bertz CT molecular complexity index is 1340. The third-order valence-corrected chi connectivity index (χ3v) is 9.33. The first-order valence-electron chi connectivity index (χ1n) is 12.6. The van der Waals surface area contributed by atoms with Crippen molar-refractivity contribution in [3.63, 3.8) is 0 Å². The number of hydrogen-bond acceptors (Lipinski definition) is 7. The van der Waals surface area contributed by atoms with Crippen LogP contribution in [0.2, 0.25) is 5.02 Å². The molecule has 1 saturated carbocycles. The average Bonchev–Trinajstić information content (AvgIpc) is 2.88. The number of para-hydroxylation sites is 1. The first-order valence-corrected chi connectivity index (χ1v) is 14.5. The molecule has 1 aliphatic rings. The highest BCUT2D eigenvalue weighted by Crippen LogP contribution is 2.28. The summed E-state index contributed by atoms with van der Waals surface area (Å²) in [6.07, 6.45) is 3.76. The van der Waals surface area contributed by atoms with Crippen molar-refractivity contribution in [1.29, 1.82) is 0 Å². The fourth-order valence-electron chi connectivity index (χ4n) is 4.72. The molecule has 3 aromatic rings. The Hall–Kier alpha value is -2.91. The van der Waals surface area contributed by atoms with E-state index in [9.17, 15) is 13.2 Å². The van der Waals surface area contributed by atoms with E-state index in [-0.39, 0.29) is 23.3 Å². The predicted octanol–water partition coefficient (Wildman–Crippen LogP) is 4.69. The van der Waals surface area contributed by atoms with E-state index in [0.717, 1.165) is 42.4 Å². The highest BCUT2D eigenvalue weighted by atomic mass is 35.5. The van der Waals surface area contributed by atoms with Crippen LogP contribution in [0, 0.1) is 5.92 Å². The molecule has 1 aliphatic carbocycles. The van der Waals surface area contributed by atoms with Crippen LogP contribution in [-0.4, -0.2) is 56.2 Å². The van der Waals surface area contributed by atoms with E-state index in [0.29, 0.717) is 23.4 Å². The summed E-state index contributed by atoms with van der Waals surface area (Å²) in [6.45, 7) is 2.12. The van der Waals surface area contributed by atoms with Crippen molar-refractivity contribution < 1.29 is 13.2 Å². The van der Waals surface area contributed by atoms with Crippen LogP contribution < -0.4 is 15.5 Å². The van der Waals surface area contributed by atoms with Crippen LogP contribution in [0.25, 0.3) is 10.9 Å². The number of aromatic nitrogens is 2. The van der Waals surface area contributed by atoms with E-state index in [2.05, 4.69) is 10.6 Å². The smallest absolute Gasteiger partial charge is 0.225 e. The molecule has 0 spiro atoms. The van der Waals surface area contributed by atoms with Gasteiger partial charge in [0, 0.05) is 43.5 Å². The zero-order valence-corrected chi connectivity index (χ0v) is 23.0. The zero-order chi connectivity index (χ0) is 26.6. The number of halogens is 1. The zero-order valence-electron chi connectivity index (χ0n) is 21.4. The van der Waals surface area contributed by atoms with Gasteiger partial charge in [0.2, 0.25) is 11.9 Å². The number of hydrogen-bond donors (Lipinski definition) is 2. The second-order valence-corrected chi connectivity index (χ2v) is 12.8. The van der Waals surface area contributed by atoms with Gasteiger partial charge in [-0.25, -0.2) is 13.4 Å². The Morgan fingerprint density at radius 1 is 1.05 bits per heavy atom. The number of amides is 1. The molecule has 198 valence electrons. The Balaban J connectivity index is 1.25. The van der Waals surface area contributed by atoms with Gasteiger partial charge in [-0.15, -0.1) is 0 Å². The van der Waals surface area contributed by atoms with E-state index in [1.807, 2.05) is 43.3 Å². The minimum atomic E-state index is -3.60. The van der Waals surface area contributed by atoms with E-state index in [1.165, 1.54) is 12.1 Å². The molecule has 2 N–H and O–H groups in total. The van der Waals surface area contributed by atoms with Crippen LogP contribution in [0.3, 0.4) is 0 Å². The van der Waals surface area contributed by atoms with Gasteiger partial charge in [-0.3, -0.25) is 4.79 Å². The maximum atomic E-state index is 12.8. The number of nitrogens with zero attached hydrogens (tertiary/aromatic N) is 3. The molecular weight excluding hydrogens is 510 g/mol. The minimum Gasteiger partial charge on any atom is -0.362 e. The SMILES string of the molecule is CC(CC(=O)NCC1CCC(Nc2nc(N(C)C)c3ccccc3n2)CC1)S(=O)(=O)c1ccc(Cl)cc1. The molecule has 1 aromatic heterocycles. The van der Waals surface area contributed by atoms with Gasteiger partial charge in [0.1, 0.15) is 5.82 Å². The quantitative estimate of drug-likeness (QED) is 0.403. The highest BCUT2D eigenvalue weighted by Gasteiger charge is 2.27. The number of sulfone groups is 1. The molecule has 0 aliphatic heterocycles. The second-order valence-electron chi connectivity index (χ2n) is 9.96. The largest absolute Gasteiger partial charge is 0.362 e. The van der Waals surface area contributed by atoms with E-state index in [4.69, 9.17) is 21.6 Å². The Kier molecular flexibility index (Phi) is 8.54. The summed E-state index contributed by atoms with van der Waals surface area (Å²) in [5.41, 5.74) is 0.910. The summed E-state index contributed by atoms with van der Waals surface area (Å²) in [5.74, 6) is 1.64. The van der Waals surface area contributed by atoms with E-state index >= 15 is 0 Å². The summed E-state index contributed by atoms with van der Waals surface area (Å²) in [7, 11) is 0.360. The van der Waals surface area contributed by atoms with Crippen LogP contribution in [0.4, 0.5) is 11.8 Å². The van der Waals surface area contributed by atoms with Crippen LogP contribution >= 0.6 is 11.6 Å². The summed E-state index contributed by atoms with van der Waals surface area (Å²) in [4.78, 5) is 24.1. The normalized spacial score (nSPS) is 18.8. The lowest BCUT2D eigenvalue weighted by atomic mass is 9.86. The van der Waals surface area contributed by atoms with Gasteiger partial charge in [-0.05, 0) is 74.9 Å². The third-order valence-electron chi connectivity index (χ3n) is 6.92. The number of benzene rings is 2. The molecule has 1 atom stereocenters. The lowest BCUT2D eigenvalue weighted by Crippen LogP contribution is -2.36. The van der Waals surface area contributed by atoms with Gasteiger partial charge in [0.15, 0.2) is 9.84 Å². The number of nitrogens with one attached hydrogen (secondary N) is 2. The summed E-state index contributed by atoms with van der Waals surface area (Å²) in [6, 6.07) is 14.3. The lowest BCUT2D eigenvalue weighted by Gasteiger charge is -2.29. The van der Waals surface area contributed by atoms with Crippen molar-refractivity contribution in [1.82, 2.24) is 15.3 Å². The molecule has 1 fully saturated rings. The van der Waals surface area contributed by atoms with Gasteiger partial charge in [0.05, 0.1) is 15.7 Å². The van der Waals surface area contributed by atoms with Crippen LogP contribution in [-0.2, 0) is 14.6 Å². The fourth-order valence-corrected chi connectivity index (χ4v) is 6.19. The van der Waals surface area contributed by atoms with Crippen LogP contribution in [0.5, 0.6) is 0 Å². The monoisotopic (exact) mass is 543 g/mol. The molecular formula is C27H34ClN5O3S. The van der Waals surface area contributed by atoms with Crippen molar-refractivity contribution in [2.75, 3.05) is 30.9 Å². The van der Waals surface area contributed by atoms with Crippen molar-refractivity contribution in [3.8, 4) is 0 Å². The number of carbonyl (C=O) groups excluding carboxylic acids is 1. The molecule has 4 rings (SSSR count). The minimum absolute atomic E-state index is 0.0740. The molecule has 1 heterocycles. The van der Waals surface area contributed by atoms with Gasteiger partial charge in [-0.1, -0.05) is 23.7 Å². The van der Waals surface area contributed by atoms with Gasteiger partial charge in [0.25, 0.3) is 0 Å². The average molecular weight is 544 g/mol. The highest BCUT2D eigenvalue weighted by molar-refractivity contribution is 7.92. The summed E-state index contributed by atoms with van der Waals surface area (Å²) in [5, 5.41) is 7.12. The Morgan fingerprint density at radius 2 is 1.73 bits per heavy atom. The molecule has 37 heavy (non-hydrogen) atoms. The van der Waals surface area contributed by atoms with Crippen molar-refractivity contribution in [3.05, 3.63) is 53.6 Å². The van der Waals surface area contributed by atoms with Crippen molar-refractivity contribution >= 4 is 50.0 Å². The fraction of sp³-hybridized carbons (Fsp3) is 0.444. The van der Waals surface area contributed by atoms with Gasteiger partial charge in [-0.2, -0.15) is 4.98 Å². The maximum absolute atomic E-state index is 12.8. The number of anilines is 2. The Labute approximate surface area is 223 Å². The predicted molar refractivity (Wildman–Crippen MR) is 149 cm³/mol. The maximum Gasteiger partial charge on any atom is 0.225 e. The van der Waals surface area contributed by atoms with Crippen molar-refractivity contribution in [2.24, 2.45) is 5.92 Å². The molecule has 10 heteroatoms. The molecule has 0 saturated heterocycles. The van der Waals surface area contributed by atoms with Gasteiger partial charge >= 0.3 is 0 Å². The van der Waals surface area contributed by atoms with Crippen LogP contribution in [0.15, 0.2) is 53.4 Å². The molecule has 2 aromatic carbocycles. The molecule has 1 amide bonds. The number of rotatable bonds is 9. The summed E-state index contributed by atoms with van der Waals surface area (Å²) >= 11 is 5.86. The standard InChI is InChI=1S/C27H34ClN5O3S/c1-18(37(35,36)22-14-10-20(28)11-15-22)16-25(34)29-17-19-8-12-21(13-9-19)30-27-31-24-7-5-4-6-23(24)26(32-27)33(2)3/h4-7,10-11,14-15,18-19,21H,8-9,12-13,16-17H2,1-3H3,(H,29,34)(H,30,31,32). The van der Waals surface area contributed by atoms with E-state index < -0.39 is 15.1 Å². The van der Waals surface area contributed by atoms with E-state index in [1.54, 1.807) is 19.1 Å². The molecule has 8 nitrogen and oxygen atoms in total.